The number of ether oxygens (including phenoxy) is 3. The second kappa shape index (κ2) is 21.7. The van der Waals surface area contributed by atoms with Crippen LogP contribution in [0.3, 0.4) is 0 Å². The SMILES string of the molecule is CCC=N/C=C(\C=N)c1nn(-c2ccccc2Cl)c2c1CCc1nc(NC(=O)OCCN3CCOCC3)sc1-2.COC(=O)Nc1nc2c(s1)-c1c(c(-c3cncnc3)nn1-c1ccccc1Cl)CC2. The number of anilines is 2. The lowest BCUT2D eigenvalue weighted by molar-refractivity contribution is 0.0290. The number of hydrogen-bond acceptors (Lipinski definition) is 16. The molecule has 2 aromatic carbocycles. The lowest BCUT2D eigenvalue weighted by atomic mass is 9.95. The van der Waals surface area contributed by atoms with Crippen molar-refractivity contribution in [3.63, 3.8) is 0 Å². The minimum absolute atomic E-state index is 0.295. The van der Waals surface area contributed by atoms with Gasteiger partial charge in [0.1, 0.15) is 12.9 Å². The van der Waals surface area contributed by atoms with Crippen LogP contribution in [0.2, 0.25) is 10.0 Å². The number of carbonyl (C=O) groups excluding carboxylic acids is 2. The van der Waals surface area contributed by atoms with Crippen molar-refractivity contribution in [3.05, 3.63) is 112 Å². The number of rotatable bonds is 12. The number of methoxy groups -OCH3 is 1. The Morgan fingerprint density at radius 1 is 0.841 bits per heavy atom. The molecule has 0 atom stereocenters. The first kappa shape index (κ1) is 47.4. The molecule has 22 heteroatoms. The van der Waals surface area contributed by atoms with Crippen LogP contribution in [0.4, 0.5) is 19.9 Å². The van der Waals surface area contributed by atoms with Crippen LogP contribution in [0.15, 0.2) is 78.4 Å². The van der Waals surface area contributed by atoms with Crippen LogP contribution >= 0.6 is 45.9 Å². The number of allylic oxidation sites excluding steroid dienone is 1. The van der Waals surface area contributed by atoms with Crippen LogP contribution in [-0.4, -0.2) is 116 Å². The number of nitrogens with one attached hydrogen (secondary N) is 3. The van der Waals surface area contributed by atoms with Crippen LogP contribution in [0.1, 0.15) is 41.6 Å². The Kier molecular flexibility index (Phi) is 14.9. The van der Waals surface area contributed by atoms with Crippen molar-refractivity contribution in [3.8, 4) is 43.8 Å². The van der Waals surface area contributed by atoms with Gasteiger partial charge in [-0.05, 0) is 56.4 Å². The number of halogens is 2. The number of para-hydroxylation sites is 2. The van der Waals surface area contributed by atoms with E-state index >= 15 is 0 Å². The topological polar surface area (TPSA) is 213 Å². The fourth-order valence-corrected chi connectivity index (χ4v) is 10.6. The average Bonchev–Trinajstić information content (AvgIpc) is 4.17. The number of fused-ring (bicyclic) bond motifs is 6. The molecule has 0 bridgehead atoms. The lowest BCUT2D eigenvalue weighted by Gasteiger charge is -2.26. The van der Waals surface area contributed by atoms with Gasteiger partial charge in [0.05, 0.1) is 85.7 Å². The van der Waals surface area contributed by atoms with Gasteiger partial charge in [-0.15, -0.1) is 0 Å². The third-order valence-corrected chi connectivity index (χ3v) is 14.0. The van der Waals surface area contributed by atoms with E-state index in [4.69, 9.17) is 58.0 Å². The van der Waals surface area contributed by atoms with Crippen LogP contribution < -0.4 is 10.6 Å². The van der Waals surface area contributed by atoms with E-state index in [1.165, 1.54) is 42.3 Å². The van der Waals surface area contributed by atoms with Crippen molar-refractivity contribution in [1.82, 2.24) is 44.4 Å². The molecule has 2 amide bonds. The molecule has 6 heterocycles. The molecule has 7 aromatic rings. The van der Waals surface area contributed by atoms with Crippen molar-refractivity contribution < 1.29 is 23.8 Å². The van der Waals surface area contributed by atoms with Gasteiger partial charge in [-0.25, -0.2) is 38.9 Å². The number of carbonyl (C=O) groups is 2. The molecule has 2 aliphatic carbocycles. The van der Waals surface area contributed by atoms with Crippen molar-refractivity contribution in [2.45, 2.75) is 39.0 Å². The number of benzene rings is 2. The van der Waals surface area contributed by atoms with Gasteiger partial charge in [-0.1, -0.05) is 77.1 Å². The van der Waals surface area contributed by atoms with Gasteiger partial charge in [0.25, 0.3) is 0 Å². The lowest BCUT2D eigenvalue weighted by Crippen LogP contribution is -2.38. The smallest absolute Gasteiger partial charge is 0.413 e. The zero-order chi connectivity index (χ0) is 47.9. The molecule has 0 unspecified atom stereocenters. The van der Waals surface area contributed by atoms with Crippen LogP contribution in [0.25, 0.3) is 49.3 Å². The fourth-order valence-electron chi connectivity index (χ4n) is 8.09. The van der Waals surface area contributed by atoms with Crippen molar-refractivity contribution in [2.24, 2.45) is 4.99 Å². The highest BCUT2D eigenvalue weighted by molar-refractivity contribution is 7.19. The van der Waals surface area contributed by atoms with E-state index in [9.17, 15) is 9.59 Å². The first-order valence-electron chi connectivity index (χ1n) is 22.0. The Labute approximate surface area is 414 Å². The minimum atomic E-state index is -0.553. The molecule has 3 N–H and O–H groups in total. The molecule has 5 aromatic heterocycles. The zero-order valence-corrected chi connectivity index (χ0v) is 40.6. The molecule has 69 heavy (non-hydrogen) atoms. The first-order valence-corrected chi connectivity index (χ1v) is 24.4. The summed E-state index contributed by atoms with van der Waals surface area (Å²) in [4.78, 5) is 50.1. The Hall–Kier alpha value is -6.68. The van der Waals surface area contributed by atoms with Crippen molar-refractivity contribution in [1.29, 1.82) is 5.41 Å². The Morgan fingerprint density at radius 2 is 1.43 bits per heavy atom. The van der Waals surface area contributed by atoms with Crippen LogP contribution in [0.5, 0.6) is 0 Å². The normalized spacial score (nSPS) is 14.2. The Bertz CT molecular complexity index is 3070. The van der Waals surface area contributed by atoms with E-state index in [1.54, 1.807) is 24.8 Å². The first-order chi connectivity index (χ1) is 33.7. The van der Waals surface area contributed by atoms with Crippen LogP contribution in [-0.2, 0) is 39.9 Å². The third kappa shape index (κ3) is 10.4. The number of amides is 2. The quantitative estimate of drug-likeness (QED) is 0.0977. The standard InChI is InChI=1S/C27H30ClN7O3S.C20H15ClN6O2S/c1-2-9-30-17-18(16-29)23-19-7-8-21-25(24(19)35(33-23)22-6-4-3-5-20(22)28)39-26(31-21)32-27(36)38-15-12-34-10-13-37-14-11-34;1-29-20(28)25-19-24-14-7-6-12-16(11-8-22-10-23-9-11)26-27(17(12)18(14)30-19)15-5-3-2-4-13(15)21/h3-6,9,16-17,29H,2,7-8,10-15H2,1H3,(H,31,32,36);2-5,8-10H,6-7H2,1H3,(H,24,25,28)/b18-17+,29-16?,30-9?;. The Morgan fingerprint density at radius 3 is 2.04 bits per heavy atom. The molecular formula is C47H45Cl2N13O5S2. The molecule has 0 saturated carbocycles. The largest absolute Gasteiger partial charge is 0.453 e. The molecule has 0 spiro atoms. The number of nitrogens with zero attached hydrogens (tertiary/aromatic N) is 10. The number of thiazole rings is 2. The van der Waals surface area contributed by atoms with Crippen LogP contribution in [0, 0.1) is 5.41 Å². The molecule has 1 aliphatic heterocycles. The zero-order valence-electron chi connectivity index (χ0n) is 37.4. The maximum Gasteiger partial charge on any atom is 0.413 e. The van der Waals surface area contributed by atoms with E-state index < -0.39 is 12.2 Å². The fraction of sp³-hybridized carbons (Fsp3) is 0.277. The van der Waals surface area contributed by atoms with Gasteiger partial charge in [0.2, 0.25) is 0 Å². The van der Waals surface area contributed by atoms with Gasteiger partial charge >= 0.3 is 12.2 Å². The van der Waals surface area contributed by atoms with E-state index in [-0.39, 0.29) is 0 Å². The van der Waals surface area contributed by atoms with Crippen molar-refractivity contribution >= 4 is 86.3 Å². The summed E-state index contributed by atoms with van der Waals surface area (Å²) in [6.07, 6.45) is 12.3. The highest BCUT2D eigenvalue weighted by atomic mass is 35.5. The molecule has 1 fully saturated rings. The van der Waals surface area contributed by atoms with E-state index in [0.29, 0.717) is 70.8 Å². The monoisotopic (exact) mass is 1010 g/mol. The Balaban J connectivity index is 0.000000177. The van der Waals surface area contributed by atoms with Crippen molar-refractivity contribution in [2.75, 3.05) is 57.2 Å². The number of morpholine rings is 1. The molecule has 10 rings (SSSR count). The van der Waals surface area contributed by atoms with Gasteiger partial charge in [0.15, 0.2) is 10.3 Å². The highest BCUT2D eigenvalue weighted by Gasteiger charge is 2.33. The van der Waals surface area contributed by atoms with E-state index in [1.807, 2.05) is 64.8 Å². The molecular weight excluding hydrogens is 962 g/mol. The number of aryl methyl sites for hydroxylation is 2. The summed E-state index contributed by atoms with van der Waals surface area (Å²) in [6.45, 7) is 6.05. The summed E-state index contributed by atoms with van der Waals surface area (Å²) in [5.74, 6) is 0. The average molecular weight is 1010 g/mol. The summed E-state index contributed by atoms with van der Waals surface area (Å²) in [7, 11) is 1.32. The summed E-state index contributed by atoms with van der Waals surface area (Å²) in [6, 6.07) is 15.1. The number of aromatic nitrogens is 8. The summed E-state index contributed by atoms with van der Waals surface area (Å²) in [5.41, 5.74) is 10.1. The van der Waals surface area contributed by atoms with Gasteiger partial charge < -0.3 is 19.6 Å². The predicted octanol–water partition coefficient (Wildman–Crippen LogP) is 9.48. The second-order valence-electron chi connectivity index (χ2n) is 15.6. The predicted molar refractivity (Wildman–Crippen MR) is 269 cm³/mol. The maximum atomic E-state index is 12.5. The summed E-state index contributed by atoms with van der Waals surface area (Å²) in [5, 5.41) is 25.4. The molecule has 1 saturated heterocycles. The molecule has 354 valence electrons. The minimum Gasteiger partial charge on any atom is -0.453 e. The third-order valence-electron chi connectivity index (χ3n) is 11.3. The van der Waals surface area contributed by atoms with Gasteiger partial charge in [-0.2, -0.15) is 10.2 Å². The molecule has 18 nitrogen and oxygen atoms in total. The van der Waals surface area contributed by atoms with E-state index in [0.717, 1.165) is 98.6 Å². The number of hydrogen-bond donors (Lipinski definition) is 3. The summed E-state index contributed by atoms with van der Waals surface area (Å²) >= 11 is 15.9. The highest BCUT2D eigenvalue weighted by Crippen LogP contribution is 2.46. The molecule has 3 aliphatic rings. The van der Waals surface area contributed by atoms with Gasteiger partial charge in [0, 0.05) is 72.9 Å². The molecule has 0 radical (unpaired) electrons. The van der Waals surface area contributed by atoms with Gasteiger partial charge in [-0.3, -0.25) is 20.5 Å². The number of aliphatic imine (C=N–C) groups is 1. The summed E-state index contributed by atoms with van der Waals surface area (Å²) < 4.78 is 19.1. The second-order valence-corrected chi connectivity index (χ2v) is 18.4. The van der Waals surface area contributed by atoms with E-state index in [2.05, 4.69) is 35.5 Å². The maximum absolute atomic E-state index is 12.5.